The van der Waals surface area contributed by atoms with Gasteiger partial charge in [-0.15, -0.1) is 0 Å². The van der Waals surface area contributed by atoms with E-state index in [-0.39, 0.29) is 5.97 Å². The van der Waals surface area contributed by atoms with E-state index in [0.29, 0.717) is 11.4 Å². The molecule has 0 radical (unpaired) electrons. The molecule has 0 amide bonds. The van der Waals surface area contributed by atoms with Crippen molar-refractivity contribution in [1.82, 2.24) is 4.98 Å². The molecular formula is C19H14Br2INO2. The van der Waals surface area contributed by atoms with E-state index in [9.17, 15) is 4.79 Å². The SMILES string of the molecule is O=C(Oc1ccccc1Br)c1[nH]cc(I)c1CCc1ccccc1Br. The van der Waals surface area contributed by atoms with Gasteiger partial charge in [-0.3, -0.25) is 0 Å². The fourth-order valence-corrected chi connectivity index (χ4v) is 4.04. The summed E-state index contributed by atoms with van der Waals surface area (Å²) in [5.41, 5.74) is 2.70. The zero-order chi connectivity index (χ0) is 17.8. The number of aromatic amines is 1. The number of benzene rings is 2. The van der Waals surface area contributed by atoms with Gasteiger partial charge in [-0.25, -0.2) is 4.79 Å². The molecule has 0 aliphatic heterocycles. The smallest absolute Gasteiger partial charge is 0.360 e. The number of aryl methyl sites for hydroxylation is 1. The minimum Gasteiger partial charge on any atom is -0.421 e. The summed E-state index contributed by atoms with van der Waals surface area (Å²) in [6.07, 6.45) is 3.43. The molecule has 0 aliphatic rings. The van der Waals surface area contributed by atoms with E-state index in [2.05, 4.69) is 65.5 Å². The van der Waals surface area contributed by atoms with E-state index in [0.717, 1.165) is 30.9 Å². The standard InChI is InChI=1S/C19H14Br2INO2/c20-14-6-2-1-5-12(14)9-10-13-16(22)11-23-18(13)19(24)25-17-8-4-3-7-15(17)21/h1-8,11,23H,9-10H2. The molecule has 2 aromatic carbocycles. The second kappa shape index (κ2) is 8.51. The Morgan fingerprint density at radius 1 is 1.00 bits per heavy atom. The highest BCUT2D eigenvalue weighted by Gasteiger charge is 2.19. The van der Waals surface area contributed by atoms with Crippen LogP contribution in [0.5, 0.6) is 5.75 Å². The predicted molar refractivity (Wildman–Crippen MR) is 114 cm³/mol. The van der Waals surface area contributed by atoms with Crippen molar-refractivity contribution in [2.75, 3.05) is 0 Å². The monoisotopic (exact) mass is 573 g/mol. The normalized spacial score (nSPS) is 10.7. The van der Waals surface area contributed by atoms with Crippen molar-refractivity contribution >= 4 is 60.4 Å². The highest BCUT2D eigenvalue weighted by atomic mass is 127. The number of carbonyl (C=O) groups excluding carboxylic acids is 1. The van der Waals surface area contributed by atoms with Gasteiger partial charge in [-0.05, 0) is 80.7 Å². The zero-order valence-corrected chi connectivity index (χ0v) is 18.4. The molecule has 0 unspecified atom stereocenters. The maximum Gasteiger partial charge on any atom is 0.360 e. The number of carbonyl (C=O) groups is 1. The summed E-state index contributed by atoms with van der Waals surface area (Å²) < 4.78 is 8.39. The molecule has 1 aromatic heterocycles. The molecule has 6 heteroatoms. The topological polar surface area (TPSA) is 42.1 Å². The van der Waals surface area contributed by atoms with E-state index < -0.39 is 0 Å². The van der Waals surface area contributed by atoms with Gasteiger partial charge < -0.3 is 9.72 Å². The summed E-state index contributed by atoms with van der Waals surface area (Å²) in [5, 5.41) is 0. The van der Waals surface area contributed by atoms with Gasteiger partial charge in [0.2, 0.25) is 0 Å². The average Bonchev–Trinajstić information content (AvgIpc) is 2.97. The van der Waals surface area contributed by atoms with Crippen molar-refractivity contribution in [3.05, 3.63) is 84.1 Å². The van der Waals surface area contributed by atoms with Crippen LogP contribution in [0.2, 0.25) is 0 Å². The number of ether oxygens (including phenoxy) is 1. The summed E-state index contributed by atoms with van der Waals surface area (Å²) >= 11 is 9.21. The lowest BCUT2D eigenvalue weighted by molar-refractivity contribution is 0.0727. The molecule has 25 heavy (non-hydrogen) atoms. The van der Waals surface area contributed by atoms with E-state index in [4.69, 9.17) is 4.74 Å². The second-order valence-electron chi connectivity index (χ2n) is 5.40. The largest absolute Gasteiger partial charge is 0.421 e. The van der Waals surface area contributed by atoms with Crippen LogP contribution in [0.4, 0.5) is 0 Å². The lowest BCUT2D eigenvalue weighted by Crippen LogP contribution is -2.12. The van der Waals surface area contributed by atoms with E-state index >= 15 is 0 Å². The lowest BCUT2D eigenvalue weighted by atomic mass is 10.0. The van der Waals surface area contributed by atoms with Gasteiger partial charge >= 0.3 is 5.97 Å². The number of esters is 1. The van der Waals surface area contributed by atoms with E-state index in [1.807, 2.05) is 42.6 Å². The van der Waals surface area contributed by atoms with Gasteiger partial charge in [-0.1, -0.05) is 46.3 Å². The van der Waals surface area contributed by atoms with Crippen molar-refractivity contribution in [3.63, 3.8) is 0 Å². The lowest BCUT2D eigenvalue weighted by Gasteiger charge is -2.08. The first kappa shape index (κ1) is 18.7. The van der Waals surface area contributed by atoms with Gasteiger partial charge in [-0.2, -0.15) is 0 Å². The minimum atomic E-state index is -0.378. The Hall–Kier alpha value is -1.12. The van der Waals surface area contributed by atoms with Crippen molar-refractivity contribution in [2.24, 2.45) is 0 Å². The van der Waals surface area contributed by atoms with Crippen molar-refractivity contribution in [2.45, 2.75) is 12.8 Å². The maximum absolute atomic E-state index is 12.6. The van der Waals surface area contributed by atoms with Crippen LogP contribution in [0.1, 0.15) is 21.6 Å². The van der Waals surface area contributed by atoms with Gasteiger partial charge in [0.1, 0.15) is 11.4 Å². The highest BCUT2D eigenvalue weighted by molar-refractivity contribution is 14.1. The molecule has 0 fully saturated rings. The Morgan fingerprint density at radius 2 is 1.68 bits per heavy atom. The fraction of sp³-hybridized carbons (Fsp3) is 0.105. The maximum atomic E-state index is 12.6. The molecule has 0 aliphatic carbocycles. The quantitative estimate of drug-likeness (QED) is 0.226. The van der Waals surface area contributed by atoms with E-state index in [1.165, 1.54) is 5.56 Å². The van der Waals surface area contributed by atoms with Crippen LogP contribution >= 0.6 is 54.5 Å². The fourth-order valence-electron chi connectivity index (χ4n) is 2.49. The Kier molecular flexibility index (Phi) is 6.35. The summed E-state index contributed by atoms with van der Waals surface area (Å²) in [6.45, 7) is 0. The molecule has 0 bridgehead atoms. The minimum absolute atomic E-state index is 0.378. The molecule has 1 N–H and O–H groups in total. The van der Waals surface area contributed by atoms with Crippen molar-refractivity contribution < 1.29 is 9.53 Å². The number of halogens is 3. The van der Waals surface area contributed by atoms with Gasteiger partial charge in [0, 0.05) is 14.2 Å². The second-order valence-corrected chi connectivity index (χ2v) is 8.27. The molecule has 3 rings (SSSR count). The third-order valence-corrected chi connectivity index (χ3v) is 6.17. The number of rotatable bonds is 5. The Morgan fingerprint density at radius 3 is 2.40 bits per heavy atom. The molecule has 0 saturated heterocycles. The molecule has 1 heterocycles. The summed E-state index contributed by atoms with van der Waals surface area (Å²) in [5.74, 6) is 0.130. The first-order valence-corrected chi connectivity index (χ1v) is 10.3. The van der Waals surface area contributed by atoms with Gasteiger partial charge in [0.25, 0.3) is 0 Å². The third kappa shape index (κ3) is 4.54. The summed E-state index contributed by atoms with van der Waals surface area (Å²) in [4.78, 5) is 15.6. The molecule has 0 spiro atoms. The molecular weight excluding hydrogens is 561 g/mol. The van der Waals surface area contributed by atoms with E-state index in [1.54, 1.807) is 6.07 Å². The van der Waals surface area contributed by atoms with Crippen LogP contribution in [-0.4, -0.2) is 11.0 Å². The molecule has 128 valence electrons. The molecule has 0 saturated carbocycles. The van der Waals surface area contributed by atoms with Gasteiger partial charge in [0.05, 0.1) is 4.47 Å². The number of nitrogens with one attached hydrogen (secondary N) is 1. The number of hydrogen-bond donors (Lipinski definition) is 1. The third-order valence-electron chi connectivity index (χ3n) is 3.78. The summed E-state index contributed by atoms with van der Waals surface area (Å²) in [6, 6.07) is 15.4. The first-order valence-electron chi connectivity index (χ1n) is 7.62. The summed E-state index contributed by atoms with van der Waals surface area (Å²) in [7, 11) is 0. The average molecular weight is 575 g/mol. The van der Waals surface area contributed by atoms with Gasteiger partial charge in [0.15, 0.2) is 0 Å². The van der Waals surface area contributed by atoms with Crippen LogP contribution in [0.15, 0.2) is 63.7 Å². The zero-order valence-electron chi connectivity index (χ0n) is 13.1. The highest BCUT2D eigenvalue weighted by Crippen LogP contribution is 2.27. The predicted octanol–water partition coefficient (Wildman–Crippen LogP) is 6.15. The van der Waals surface area contributed by atoms with Crippen LogP contribution in [0.25, 0.3) is 0 Å². The number of H-pyrrole nitrogens is 1. The molecule has 3 aromatic rings. The number of hydrogen-bond acceptors (Lipinski definition) is 2. The van der Waals surface area contributed by atoms with Crippen LogP contribution < -0.4 is 4.74 Å². The number of aromatic nitrogens is 1. The van der Waals surface area contributed by atoms with Crippen LogP contribution in [0.3, 0.4) is 0 Å². The van der Waals surface area contributed by atoms with Crippen LogP contribution in [-0.2, 0) is 12.8 Å². The van der Waals surface area contributed by atoms with Crippen molar-refractivity contribution in [1.29, 1.82) is 0 Å². The Labute approximate surface area is 176 Å². The van der Waals surface area contributed by atoms with Crippen LogP contribution in [0, 0.1) is 3.57 Å². The first-order chi connectivity index (χ1) is 12.1. The number of para-hydroxylation sites is 1. The van der Waals surface area contributed by atoms with Crippen molar-refractivity contribution in [3.8, 4) is 5.75 Å². The molecule has 0 atom stereocenters. The Balaban J connectivity index is 1.78. The molecule has 3 nitrogen and oxygen atoms in total. The Bertz CT molecular complexity index is 908.